The highest BCUT2D eigenvalue weighted by molar-refractivity contribution is 7.13. The molecule has 4 rings (SSSR count). The fraction of sp³-hybridized carbons (Fsp3) is 0.294. The van der Waals surface area contributed by atoms with Crippen LogP contribution in [0, 0.1) is 5.92 Å². The number of nitrogens with zero attached hydrogens (tertiary/aromatic N) is 1. The summed E-state index contributed by atoms with van der Waals surface area (Å²) < 4.78 is 5.41. The molecule has 1 amide bonds. The topological polar surface area (TPSA) is 79.0 Å². The Balaban J connectivity index is 1.70. The van der Waals surface area contributed by atoms with Crippen LogP contribution in [-0.4, -0.2) is 42.6 Å². The SMILES string of the molecule is COc1ccc(C(=O)NCC2CNC2)c2nc(-c3cccs3)[nH]c12. The molecule has 0 atom stereocenters. The van der Waals surface area contributed by atoms with Gasteiger partial charge in [-0.15, -0.1) is 11.3 Å². The molecule has 3 N–H and O–H groups in total. The second-order valence-corrected chi connectivity index (χ2v) is 6.78. The average Bonchev–Trinajstić information content (AvgIpc) is 3.21. The van der Waals surface area contributed by atoms with Gasteiger partial charge in [-0.2, -0.15) is 0 Å². The van der Waals surface area contributed by atoms with E-state index in [-0.39, 0.29) is 5.91 Å². The Morgan fingerprint density at radius 3 is 2.96 bits per heavy atom. The average molecular weight is 342 g/mol. The molecule has 0 saturated carbocycles. The number of nitrogens with one attached hydrogen (secondary N) is 3. The number of hydrogen-bond acceptors (Lipinski definition) is 5. The maximum absolute atomic E-state index is 12.6. The number of methoxy groups -OCH3 is 1. The molecule has 2 aromatic heterocycles. The molecule has 0 aliphatic carbocycles. The largest absolute Gasteiger partial charge is 0.494 e. The van der Waals surface area contributed by atoms with Gasteiger partial charge in [0.15, 0.2) is 0 Å². The van der Waals surface area contributed by atoms with Crippen LogP contribution in [-0.2, 0) is 0 Å². The zero-order valence-electron chi connectivity index (χ0n) is 13.3. The van der Waals surface area contributed by atoms with Crippen molar-refractivity contribution in [3.63, 3.8) is 0 Å². The molecule has 0 radical (unpaired) electrons. The van der Waals surface area contributed by atoms with Crippen LogP contribution in [0.3, 0.4) is 0 Å². The highest BCUT2D eigenvalue weighted by Gasteiger charge is 2.21. The number of aromatic amines is 1. The molecule has 6 nitrogen and oxygen atoms in total. The van der Waals surface area contributed by atoms with Gasteiger partial charge in [-0.25, -0.2) is 4.98 Å². The molecular formula is C17H18N4O2S. The van der Waals surface area contributed by atoms with Gasteiger partial charge in [0.05, 0.1) is 17.6 Å². The molecule has 1 aliphatic heterocycles. The highest BCUT2D eigenvalue weighted by atomic mass is 32.1. The zero-order chi connectivity index (χ0) is 16.5. The Labute approximate surface area is 143 Å². The van der Waals surface area contributed by atoms with E-state index in [9.17, 15) is 4.79 Å². The fourth-order valence-corrected chi connectivity index (χ4v) is 3.45. The van der Waals surface area contributed by atoms with E-state index in [0.29, 0.717) is 29.3 Å². The van der Waals surface area contributed by atoms with Crippen LogP contribution in [0.25, 0.3) is 21.7 Å². The van der Waals surface area contributed by atoms with Crippen LogP contribution in [0.5, 0.6) is 5.75 Å². The third kappa shape index (κ3) is 2.65. The number of amides is 1. The highest BCUT2D eigenvalue weighted by Crippen LogP contribution is 2.31. The number of imidazole rings is 1. The third-order valence-corrected chi connectivity index (χ3v) is 5.12. The number of ether oxygens (including phenoxy) is 1. The standard InChI is InChI=1S/C17H18N4O2S/c1-23-12-5-4-11(17(22)19-9-10-7-18-8-10)14-15(12)21-16(20-14)13-3-2-6-24-13/h2-6,10,18H,7-9H2,1H3,(H,19,22)(H,20,21). The predicted octanol–water partition coefficient (Wildman–Crippen LogP) is 2.25. The molecule has 1 saturated heterocycles. The van der Waals surface area contributed by atoms with Crippen molar-refractivity contribution in [2.24, 2.45) is 5.92 Å². The van der Waals surface area contributed by atoms with E-state index in [2.05, 4.69) is 20.6 Å². The first-order valence-corrected chi connectivity index (χ1v) is 8.73. The zero-order valence-corrected chi connectivity index (χ0v) is 14.1. The lowest BCUT2D eigenvalue weighted by Gasteiger charge is -2.27. The van der Waals surface area contributed by atoms with Gasteiger partial charge in [0.25, 0.3) is 5.91 Å². The number of fused-ring (bicyclic) bond motifs is 1. The maximum atomic E-state index is 12.6. The lowest BCUT2D eigenvalue weighted by atomic mass is 10.0. The van der Waals surface area contributed by atoms with Crippen LogP contribution in [0.2, 0.25) is 0 Å². The molecule has 3 heterocycles. The molecule has 124 valence electrons. The molecule has 1 aliphatic rings. The van der Waals surface area contributed by atoms with Gasteiger partial charge in [-0.3, -0.25) is 4.79 Å². The second kappa shape index (κ2) is 6.26. The van der Waals surface area contributed by atoms with Crippen molar-refractivity contribution < 1.29 is 9.53 Å². The van der Waals surface area contributed by atoms with Crippen LogP contribution in [0.1, 0.15) is 10.4 Å². The van der Waals surface area contributed by atoms with Crippen molar-refractivity contribution in [2.75, 3.05) is 26.7 Å². The summed E-state index contributed by atoms with van der Waals surface area (Å²) in [5.74, 6) is 1.85. The molecule has 24 heavy (non-hydrogen) atoms. The number of carbonyl (C=O) groups excluding carboxylic acids is 1. The molecule has 1 fully saturated rings. The number of rotatable bonds is 5. The Morgan fingerprint density at radius 2 is 2.29 bits per heavy atom. The summed E-state index contributed by atoms with van der Waals surface area (Å²) in [6.07, 6.45) is 0. The molecule has 1 aromatic carbocycles. The lowest BCUT2D eigenvalue weighted by molar-refractivity contribution is 0.0943. The van der Waals surface area contributed by atoms with Crippen LogP contribution < -0.4 is 15.4 Å². The van der Waals surface area contributed by atoms with Crippen LogP contribution in [0.4, 0.5) is 0 Å². The van der Waals surface area contributed by atoms with Crippen molar-refractivity contribution in [3.8, 4) is 16.5 Å². The Bertz CT molecular complexity index is 868. The van der Waals surface area contributed by atoms with E-state index in [1.807, 2.05) is 17.5 Å². The third-order valence-electron chi connectivity index (χ3n) is 4.24. The molecular weight excluding hydrogens is 324 g/mol. The molecule has 0 spiro atoms. The quantitative estimate of drug-likeness (QED) is 0.664. The molecule has 7 heteroatoms. The van der Waals surface area contributed by atoms with E-state index < -0.39 is 0 Å². The van der Waals surface area contributed by atoms with Crippen molar-refractivity contribution in [1.29, 1.82) is 0 Å². The summed E-state index contributed by atoms with van der Waals surface area (Å²) in [6, 6.07) is 7.55. The summed E-state index contributed by atoms with van der Waals surface area (Å²) in [4.78, 5) is 21.5. The van der Waals surface area contributed by atoms with E-state index in [0.717, 1.165) is 29.3 Å². The number of benzene rings is 1. The maximum Gasteiger partial charge on any atom is 0.253 e. The minimum atomic E-state index is -0.0983. The van der Waals surface area contributed by atoms with E-state index in [1.165, 1.54) is 0 Å². The minimum Gasteiger partial charge on any atom is -0.494 e. The van der Waals surface area contributed by atoms with Gasteiger partial charge in [-0.1, -0.05) is 6.07 Å². The van der Waals surface area contributed by atoms with Crippen LogP contribution in [0.15, 0.2) is 29.6 Å². The van der Waals surface area contributed by atoms with E-state index in [1.54, 1.807) is 30.6 Å². The molecule has 3 aromatic rings. The summed E-state index contributed by atoms with van der Waals surface area (Å²) in [6.45, 7) is 2.61. The summed E-state index contributed by atoms with van der Waals surface area (Å²) in [7, 11) is 1.61. The first-order valence-electron chi connectivity index (χ1n) is 7.85. The van der Waals surface area contributed by atoms with Crippen molar-refractivity contribution in [2.45, 2.75) is 0 Å². The van der Waals surface area contributed by atoms with Crippen molar-refractivity contribution in [1.82, 2.24) is 20.6 Å². The summed E-state index contributed by atoms with van der Waals surface area (Å²) in [5.41, 5.74) is 1.96. The normalized spacial score (nSPS) is 14.5. The summed E-state index contributed by atoms with van der Waals surface area (Å²) >= 11 is 1.60. The Hall–Kier alpha value is -2.38. The van der Waals surface area contributed by atoms with Crippen LogP contribution >= 0.6 is 11.3 Å². The van der Waals surface area contributed by atoms with Gasteiger partial charge < -0.3 is 20.4 Å². The lowest BCUT2D eigenvalue weighted by Crippen LogP contribution is -2.48. The van der Waals surface area contributed by atoms with Gasteiger partial charge in [0.2, 0.25) is 0 Å². The monoisotopic (exact) mass is 342 g/mol. The molecule has 0 bridgehead atoms. The fourth-order valence-electron chi connectivity index (χ4n) is 2.78. The van der Waals surface area contributed by atoms with Gasteiger partial charge in [-0.05, 0) is 23.6 Å². The predicted molar refractivity (Wildman–Crippen MR) is 94.7 cm³/mol. The smallest absolute Gasteiger partial charge is 0.253 e. The first-order chi connectivity index (χ1) is 11.8. The van der Waals surface area contributed by atoms with E-state index >= 15 is 0 Å². The number of carbonyl (C=O) groups is 1. The van der Waals surface area contributed by atoms with Crippen molar-refractivity contribution >= 4 is 28.3 Å². The minimum absolute atomic E-state index is 0.0983. The number of H-pyrrole nitrogens is 1. The van der Waals surface area contributed by atoms with Gasteiger partial charge in [0.1, 0.15) is 22.6 Å². The first kappa shape index (κ1) is 15.2. The number of aromatic nitrogens is 2. The Kier molecular flexibility index (Phi) is 3.95. The summed E-state index contributed by atoms with van der Waals surface area (Å²) in [5, 5.41) is 8.21. The number of hydrogen-bond donors (Lipinski definition) is 3. The molecule has 0 unspecified atom stereocenters. The van der Waals surface area contributed by atoms with E-state index in [4.69, 9.17) is 4.74 Å². The van der Waals surface area contributed by atoms with Gasteiger partial charge >= 0.3 is 0 Å². The second-order valence-electron chi connectivity index (χ2n) is 5.84. The van der Waals surface area contributed by atoms with Crippen molar-refractivity contribution in [3.05, 3.63) is 35.2 Å². The Morgan fingerprint density at radius 1 is 1.42 bits per heavy atom. The van der Waals surface area contributed by atoms with Gasteiger partial charge in [0, 0.05) is 25.6 Å². The number of thiophene rings is 1.